The van der Waals surface area contributed by atoms with E-state index in [1.165, 1.54) is 6.07 Å². The first-order valence-corrected chi connectivity index (χ1v) is 8.06. The molecule has 1 heterocycles. The Hall–Kier alpha value is -1.43. The summed E-state index contributed by atoms with van der Waals surface area (Å²) in [4.78, 5) is 11.2. The normalized spacial score (nSPS) is 21.5. The maximum atomic E-state index is 14.1. The average Bonchev–Trinajstić information content (AvgIpc) is 2.54. The van der Waals surface area contributed by atoms with Crippen LogP contribution in [0.5, 0.6) is 0 Å². The van der Waals surface area contributed by atoms with E-state index in [0.29, 0.717) is 0 Å². The summed E-state index contributed by atoms with van der Waals surface area (Å²) in [6, 6.07) is 5.25. The van der Waals surface area contributed by atoms with Crippen LogP contribution in [0.4, 0.5) is 4.39 Å². The van der Waals surface area contributed by atoms with Crippen LogP contribution >= 0.6 is 11.6 Å². The van der Waals surface area contributed by atoms with Crippen molar-refractivity contribution in [2.75, 3.05) is 13.2 Å². The third-order valence-corrected chi connectivity index (χ3v) is 3.75. The third-order valence-electron chi connectivity index (χ3n) is 3.63. The van der Waals surface area contributed by atoms with E-state index in [4.69, 9.17) is 25.8 Å². The first-order chi connectivity index (χ1) is 11.1. The van der Waals surface area contributed by atoms with Crippen LogP contribution in [-0.4, -0.2) is 25.7 Å². The van der Waals surface area contributed by atoms with Crippen molar-refractivity contribution in [1.82, 2.24) is 0 Å². The van der Waals surface area contributed by atoms with Crippen molar-refractivity contribution in [3.05, 3.63) is 46.8 Å². The monoisotopic (exact) mass is 342 g/mol. The molecule has 1 aliphatic heterocycles. The van der Waals surface area contributed by atoms with Crippen LogP contribution < -0.4 is 0 Å². The lowest BCUT2D eigenvalue weighted by Crippen LogP contribution is -2.34. The second-order valence-electron chi connectivity index (χ2n) is 5.34. The Morgan fingerprint density at radius 1 is 1.43 bits per heavy atom. The van der Waals surface area contributed by atoms with Crippen LogP contribution in [0.15, 0.2) is 29.8 Å². The van der Waals surface area contributed by atoms with Crippen LogP contribution in [0.1, 0.15) is 36.8 Å². The molecule has 0 saturated carbocycles. The molecule has 0 spiro atoms. The molecule has 0 amide bonds. The van der Waals surface area contributed by atoms with Crippen molar-refractivity contribution < 1.29 is 23.4 Å². The van der Waals surface area contributed by atoms with E-state index in [1.54, 1.807) is 0 Å². The van der Waals surface area contributed by atoms with Gasteiger partial charge < -0.3 is 14.2 Å². The Morgan fingerprint density at radius 2 is 2.17 bits per heavy atom. The van der Waals surface area contributed by atoms with E-state index >= 15 is 0 Å². The number of unbranched alkanes of at least 4 members (excludes halogenated alkanes) is 1. The number of rotatable bonds is 6. The smallest absolute Gasteiger partial charge is 0.335 e. The van der Waals surface area contributed by atoms with Gasteiger partial charge in [0.25, 0.3) is 0 Å². The first kappa shape index (κ1) is 17.9. The summed E-state index contributed by atoms with van der Waals surface area (Å²) >= 11 is 5.28. The maximum absolute atomic E-state index is 14.1. The van der Waals surface area contributed by atoms with Gasteiger partial charge in [0.15, 0.2) is 0 Å². The number of carbonyl (C=O) groups is 1. The quantitative estimate of drug-likeness (QED) is 0.581. The molecule has 1 aliphatic rings. The highest BCUT2D eigenvalue weighted by Crippen LogP contribution is 2.25. The molecule has 0 bridgehead atoms. The number of halogens is 2. The Balaban J connectivity index is 1.90. The summed E-state index contributed by atoms with van der Waals surface area (Å²) in [5, 5.41) is 0. The summed E-state index contributed by atoms with van der Waals surface area (Å²) in [5.74, 6) is -0.935. The van der Waals surface area contributed by atoms with Crippen molar-refractivity contribution in [3.63, 3.8) is 0 Å². The highest BCUT2D eigenvalue weighted by Gasteiger charge is 2.26. The maximum Gasteiger partial charge on any atom is 0.335 e. The van der Waals surface area contributed by atoms with Crippen molar-refractivity contribution in [2.24, 2.45) is 0 Å². The van der Waals surface area contributed by atoms with E-state index in [0.717, 1.165) is 42.0 Å². The minimum Gasteiger partial charge on any atom is -0.407 e. The molecular formula is C17H20ClFO4. The lowest BCUT2D eigenvalue weighted by atomic mass is 9.97. The number of hydrogen-bond acceptors (Lipinski definition) is 4. The summed E-state index contributed by atoms with van der Waals surface area (Å²) in [6.07, 6.45) is 3.80. The Morgan fingerprint density at radius 3 is 2.78 bits per heavy atom. The molecule has 0 unspecified atom stereocenters. The van der Waals surface area contributed by atoms with Gasteiger partial charge in [0.05, 0.1) is 13.2 Å². The molecule has 4 nitrogen and oxygen atoms in total. The minimum atomic E-state index is -1.06. The van der Waals surface area contributed by atoms with Gasteiger partial charge in [-0.1, -0.05) is 37.1 Å². The highest BCUT2D eigenvalue weighted by atomic mass is 35.5. The molecule has 1 aromatic rings. The fraction of sp³-hybridized carbons (Fsp3) is 0.471. The van der Waals surface area contributed by atoms with Crippen LogP contribution in [0, 0.1) is 5.82 Å². The Bertz CT molecular complexity index is 554. The van der Waals surface area contributed by atoms with Crippen molar-refractivity contribution in [1.29, 1.82) is 0 Å². The summed E-state index contributed by atoms with van der Waals surface area (Å²) in [5.41, 5.74) is 2.60. The Labute approximate surface area is 140 Å². The molecule has 23 heavy (non-hydrogen) atoms. The van der Waals surface area contributed by atoms with Gasteiger partial charge in [0.2, 0.25) is 0 Å². The van der Waals surface area contributed by atoms with E-state index in [9.17, 15) is 9.18 Å². The lowest BCUT2D eigenvalue weighted by Gasteiger charge is -2.28. The molecule has 6 heteroatoms. The van der Waals surface area contributed by atoms with Gasteiger partial charge in [-0.15, -0.1) is 0 Å². The minimum absolute atomic E-state index is 0.0942. The second-order valence-corrected chi connectivity index (χ2v) is 5.59. The zero-order chi connectivity index (χ0) is 16.7. The van der Waals surface area contributed by atoms with Gasteiger partial charge in [0, 0.05) is 17.5 Å². The molecular weight excluding hydrogens is 323 g/mol. The lowest BCUT2D eigenvalue weighted by molar-refractivity contribution is -0.299. The predicted octanol–water partition coefficient (Wildman–Crippen LogP) is 3.88. The molecule has 1 aromatic carbocycles. The second kappa shape index (κ2) is 9.01. The van der Waals surface area contributed by atoms with Gasteiger partial charge in [-0.05, 0) is 30.0 Å². The van der Waals surface area contributed by atoms with E-state index in [2.05, 4.69) is 6.92 Å². The molecule has 126 valence electrons. The van der Waals surface area contributed by atoms with Gasteiger partial charge in [-0.25, -0.2) is 9.18 Å². The van der Waals surface area contributed by atoms with E-state index in [-0.39, 0.29) is 24.9 Å². The van der Waals surface area contributed by atoms with Gasteiger partial charge in [-0.3, -0.25) is 0 Å². The van der Waals surface area contributed by atoms with Crippen molar-refractivity contribution >= 4 is 17.6 Å². The van der Waals surface area contributed by atoms with Gasteiger partial charge >= 0.3 is 12.4 Å². The molecule has 1 fully saturated rings. The number of benzene rings is 1. The van der Waals surface area contributed by atoms with Gasteiger partial charge in [-0.2, -0.15) is 0 Å². The van der Waals surface area contributed by atoms with E-state index < -0.39 is 12.4 Å². The fourth-order valence-corrected chi connectivity index (χ4v) is 2.42. The zero-order valence-corrected chi connectivity index (χ0v) is 13.7. The standard InChI is InChI=1S/C17H20ClFO4/c1-2-3-4-12-5-6-13(9-15(12)19)14-10-21-17(22-11-14)23-16(20)7-8-18/h5-9,14,17H,2-4,10-11H2,1H3/b8-7+. The van der Waals surface area contributed by atoms with Crippen LogP contribution in [0.2, 0.25) is 0 Å². The topological polar surface area (TPSA) is 44.8 Å². The molecule has 2 rings (SSSR count). The molecule has 0 aromatic heterocycles. The number of aryl methyl sites for hydroxylation is 1. The molecule has 1 saturated heterocycles. The number of esters is 1. The van der Waals surface area contributed by atoms with Gasteiger partial charge in [0.1, 0.15) is 5.82 Å². The van der Waals surface area contributed by atoms with Crippen LogP contribution in [0.25, 0.3) is 0 Å². The SMILES string of the molecule is CCCCc1ccc(C2COC(OC(=O)/C=C/Cl)OC2)cc1F. The Kier molecular flexibility index (Phi) is 7.02. The summed E-state index contributed by atoms with van der Waals surface area (Å²) in [7, 11) is 0. The molecule has 0 atom stereocenters. The van der Waals surface area contributed by atoms with Crippen molar-refractivity contribution in [2.45, 2.75) is 38.6 Å². The number of carbonyl (C=O) groups excluding carboxylic acids is 1. The zero-order valence-electron chi connectivity index (χ0n) is 13.0. The number of ether oxygens (including phenoxy) is 3. The highest BCUT2D eigenvalue weighted by molar-refractivity contribution is 6.26. The molecule has 0 aliphatic carbocycles. The molecule has 0 N–H and O–H groups in total. The van der Waals surface area contributed by atoms with Crippen LogP contribution in [-0.2, 0) is 25.4 Å². The largest absolute Gasteiger partial charge is 0.407 e. The summed E-state index contributed by atoms with van der Waals surface area (Å²) < 4.78 is 29.6. The van der Waals surface area contributed by atoms with E-state index in [1.807, 2.05) is 12.1 Å². The fourth-order valence-electron chi connectivity index (χ4n) is 2.32. The predicted molar refractivity (Wildman–Crippen MR) is 84.5 cm³/mol. The van der Waals surface area contributed by atoms with Crippen molar-refractivity contribution in [3.8, 4) is 0 Å². The molecule has 0 radical (unpaired) electrons. The first-order valence-electron chi connectivity index (χ1n) is 7.63. The third kappa shape index (κ3) is 5.30. The summed E-state index contributed by atoms with van der Waals surface area (Å²) in [6.45, 7) is 1.60. The average molecular weight is 343 g/mol. The number of hydrogen-bond donors (Lipinski definition) is 0. The van der Waals surface area contributed by atoms with Crippen LogP contribution in [0.3, 0.4) is 0 Å².